The maximum atomic E-state index is 13.8. The van der Waals surface area contributed by atoms with Crippen molar-refractivity contribution in [1.82, 2.24) is 0 Å². The number of thiocarbonyl (C=S) groups is 1. The van der Waals surface area contributed by atoms with E-state index >= 15 is 0 Å². The molecule has 2 aromatic rings. The number of aryl methyl sites for hydroxylation is 1. The lowest BCUT2D eigenvalue weighted by Gasteiger charge is -2.10. The zero-order valence-electron chi connectivity index (χ0n) is 10.8. The zero-order valence-corrected chi connectivity index (χ0v) is 11.6. The van der Waals surface area contributed by atoms with Crippen LogP contribution in [0.1, 0.15) is 16.7 Å². The highest BCUT2D eigenvalue weighted by atomic mass is 32.1. The number of rotatable bonds is 4. The molecule has 0 aliphatic rings. The van der Waals surface area contributed by atoms with Crippen LogP contribution in [0, 0.1) is 18.6 Å². The largest absolute Gasteiger partial charge is 0.486 e. The Bertz CT molecular complexity index is 658. The molecule has 2 aromatic carbocycles. The molecule has 2 N–H and O–H groups in total. The lowest BCUT2D eigenvalue weighted by molar-refractivity contribution is 0.289. The maximum absolute atomic E-state index is 13.8. The van der Waals surface area contributed by atoms with Gasteiger partial charge in [0.15, 0.2) is 11.6 Å². The summed E-state index contributed by atoms with van der Waals surface area (Å²) in [5.41, 5.74) is 7.42. The van der Waals surface area contributed by atoms with Gasteiger partial charge in [0.2, 0.25) is 0 Å². The molecule has 0 aliphatic carbocycles. The molecular weight excluding hydrogens is 280 g/mol. The molecule has 0 heterocycles. The topological polar surface area (TPSA) is 35.2 Å². The van der Waals surface area contributed by atoms with Crippen LogP contribution in [0.2, 0.25) is 0 Å². The summed E-state index contributed by atoms with van der Waals surface area (Å²) < 4.78 is 32.1. The number of nitrogens with two attached hydrogens (primary N) is 1. The normalized spacial score (nSPS) is 10.3. The van der Waals surface area contributed by atoms with Crippen LogP contribution in [0.5, 0.6) is 5.75 Å². The van der Waals surface area contributed by atoms with Crippen molar-refractivity contribution < 1.29 is 13.5 Å². The quantitative estimate of drug-likeness (QED) is 0.877. The van der Waals surface area contributed by atoms with Gasteiger partial charge in [-0.25, -0.2) is 8.78 Å². The van der Waals surface area contributed by atoms with Crippen molar-refractivity contribution in [2.75, 3.05) is 0 Å². The Morgan fingerprint density at radius 2 is 1.95 bits per heavy atom. The Balaban J connectivity index is 2.13. The highest BCUT2D eigenvalue weighted by molar-refractivity contribution is 7.80. The minimum atomic E-state index is -0.532. The fourth-order valence-corrected chi connectivity index (χ4v) is 1.87. The first-order valence-electron chi connectivity index (χ1n) is 5.94. The van der Waals surface area contributed by atoms with Crippen molar-refractivity contribution in [2.45, 2.75) is 13.5 Å². The molecule has 2 nitrogen and oxygen atoms in total. The minimum Gasteiger partial charge on any atom is -0.486 e. The second kappa shape index (κ2) is 5.96. The van der Waals surface area contributed by atoms with Crippen molar-refractivity contribution in [1.29, 1.82) is 0 Å². The predicted octanol–water partition coefficient (Wildman–Crippen LogP) is 3.49. The van der Waals surface area contributed by atoms with Crippen LogP contribution >= 0.6 is 12.2 Å². The molecular formula is C15H13F2NOS. The van der Waals surface area contributed by atoms with E-state index in [9.17, 15) is 8.78 Å². The van der Waals surface area contributed by atoms with Crippen molar-refractivity contribution >= 4 is 17.2 Å². The monoisotopic (exact) mass is 293 g/mol. The van der Waals surface area contributed by atoms with Gasteiger partial charge in [-0.05, 0) is 48.4 Å². The van der Waals surface area contributed by atoms with Gasteiger partial charge in [0, 0.05) is 5.56 Å². The third-order valence-corrected chi connectivity index (χ3v) is 3.14. The maximum Gasteiger partial charge on any atom is 0.165 e. The lowest BCUT2D eigenvalue weighted by Crippen LogP contribution is -2.10. The molecule has 0 atom stereocenters. The Labute approximate surface area is 121 Å². The second-order valence-electron chi connectivity index (χ2n) is 4.37. The van der Waals surface area contributed by atoms with Gasteiger partial charge < -0.3 is 10.5 Å². The number of ether oxygens (including phenoxy) is 1. The van der Waals surface area contributed by atoms with Crippen LogP contribution < -0.4 is 10.5 Å². The number of benzene rings is 2. The van der Waals surface area contributed by atoms with Gasteiger partial charge in [0.25, 0.3) is 0 Å². The van der Waals surface area contributed by atoms with Crippen molar-refractivity contribution in [3.05, 3.63) is 64.7 Å². The molecule has 5 heteroatoms. The predicted molar refractivity (Wildman–Crippen MR) is 77.8 cm³/mol. The van der Waals surface area contributed by atoms with Crippen LogP contribution in [-0.4, -0.2) is 4.99 Å². The molecule has 104 valence electrons. The van der Waals surface area contributed by atoms with E-state index in [1.807, 2.05) is 0 Å². The fraction of sp³-hybridized carbons (Fsp3) is 0.133. The SMILES string of the molecule is Cc1cc(F)ccc1COc1ccc(C(N)=S)cc1F. The summed E-state index contributed by atoms with van der Waals surface area (Å²) in [6.45, 7) is 1.93. The lowest BCUT2D eigenvalue weighted by atomic mass is 10.1. The highest BCUT2D eigenvalue weighted by Gasteiger charge is 2.08. The molecule has 0 unspecified atom stereocenters. The van der Waals surface area contributed by atoms with Crippen LogP contribution in [0.3, 0.4) is 0 Å². The number of hydrogen-bond acceptors (Lipinski definition) is 2. The van der Waals surface area contributed by atoms with E-state index in [2.05, 4.69) is 0 Å². The molecule has 0 amide bonds. The van der Waals surface area contributed by atoms with Crippen LogP contribution in [0.4, 0.5) is 8.78 Å². The van der Waals surface area contributed by atoms with Crippen molar-refractivity contribution in [3.8, 4) is 5.75 Å². The Kier molecular flexibility index (Phi) is 4.29. The second-order valence-corrected chi connectivity index (χ2v) is 4.81. The van der Waals surface area contributed by atoms with Gasteiger partial charge in [-0.15, -0.1) is 0 Å². The van der Waals surface area contributed by atoms with E-state index in [4.69, 9.17) is 22.7 Å². The van der Waals surface area contributed by atoms with E-state index in [1.54, 1.807) is 19.1 Å². The van der Waals surface area contributed by atoms with Crippen LogP contribution in [0.25, 0.3) is 0 Å². The molecule has 0 radical (unpaired) electrons. The summed E-state index contributed by atoms with van der Waals surface area (Å²) in [6, 6.07) is 8.67. The summed E-state index contributed by atoms with van der Waals surface area (Å²) in [5.74, 6) is -0.734. The van der Waals surface area contributed by atoms with E-state index in [-0.39, 0.29) is 23.2 Å². The molecule has 0 saturated heterocycles. The van der Waals surface area contributed by atoms with E-state index in [0.29, 0.717) is 5.56 Å². The molecule has 2 rings (SSSR count). The summed E-state index contributed by atoms with van der Waals surface area (Å²) in [4.78, 5) is 0.129. The summed E-state index contributed by atoms with van der Waals surface area (Å²) in [5, 5.41) is 0. The van der Waals surface area contributed by atoms with Gasteiger partial charge in [-0.1, -0.05) is 18.3 Å². The van der Waals surface area contributed by atoms with Crippen LogP contribution in [-0.2, 0) is 6.61 Å². The Morgan fingerprint density at radius 1 is 1.20 bits per heavy atom. The summed E-state index contributed by atoms with van der Waals surface area (Å²) >= 11 is 4.77. The van der Waals surface area contributed by atoms with Gasteiger partial charge in [0.05, 0.1) is 0 Å². The molecule has 0 bridgehead atoms. The smallest absolute Gasteiger partial charge is 0.165 e. The first-order valence-corrected chi connectivity index (χ1v) is 6.35. The number of halogens is 2. The van der Waals surface area contributed by atoms with Gasteiger partial charge in [-0.2, -0.15) is 0 Å². The zero-order chi connectivity index (χ0) is 14.7. The summed E-state index contributed by atoms with van der Waals surface area (Å²) in [6.07, 6.45) is 0. The summed E-state index contributed by atoms with van der Waals surface area (Å²) in [7, 11) is 0. The molecule has 0 aromatic heterocycles. The Morgan fingerprint density at radius 3 is 2.55 bits per heavy atom. The van der Waals surface area contributed by atoms with E-state index in [0.717, 1.165) is 11.1 Å². The Hall–Kier alpha value is -2.01. The molecule has 0 aliphatic heterocycles. The van der Waals surface area contributed by atoms with Crippen molar-refractivity contribution in [2.24, 2.45) is 5.73 Å². The van der Waals surface area contributed by atoms with E-state index in [1.165, 1.54) is 24.3 Å². The molecule has 0 spiro atoms. The van der Waals surface area contributed by atoms with Crippen LogP contribution in [0.15, 0.2) is 36.4 Å². The first-order chi connectivity index (χ1) is 9.47. The van der Waals surface area contributed by atoms with E-state index < -0.39 is 5.82 Å². The standard InChI is InChI=1S/C15H13F2NOS/c1-9-6-12(16)4-2-11(9)8-19-14-5-3-10(15(18)20)7-13(14)17/h2-7H,8H2,1H3,(H2,18,20). The van der Waals surface area contributed by atoms with Gasteiger partial charge in [0.1, 0.15) is 17.4 Å². The third kappa shape index (κ3) is 3.30. The highest BCUT2D eigenvalue weighted by Crippen LogP contribution is 2.20. The fourth-order valence-electron chi connectivity index (χ4n) is 1.75. The number of hydrogen-bond donors (Lipinski definition) is 1. The van der Waals surface area contributed by atoms with Gasteiger partial charge in [-0.3, -0.25) is 0 Å². The average molecular weight is 293 g/mol. The molecule has 0 saturated carbocycles. The first kappa shape index (κ1) is 14.4. The third-order valence-electron chi connectivity index (χ3n) is 2.90. The van der Waals surface area contributed by atoms with Crippen molar-refractivity contribution in [3.63, 3.8) is 0 Å². The minimum absolute atomic E-state index is 0.105. The van der Waals surface area contributed by atoms with Gasteiger partial charge >= 0.3 is 0 Å². The average Bonchev–Trinajstić information content (AvgIpc) is 2.38. The molecule has 20 heavy (non-hydrogen) atoms. The molecule has 0 fully saturated rings.